The molecule has 2 fully saturated rings. The Labute approximate surface area is 109 Å². The highest BCUT2D eigenvalue weighted by Crippen LogP contribution is 2.42. The van der Waals surface area contributed by atoms with Gasteiger partial charge in [0.15, 0.2) is 0 Å². The third-order valence-corrected chi connectivity index (χ3v) is 5.05. The average Bonchev–Trinajstić information content (AvgIpc) is 3.18. The molecule has 2 nitrogen and oxygen atoms in total. The van der Waals surface area contributed by atoms with Gasteiger partial charge in [-0.1, -0.05) is 6.07 Å². The molecular formula is C16H21NO. The standard InChI is InChI=1S/C16H21NO/c18-15-4-3-12-7-14-8-13(16(12)9-15)5-6-17(14)10-11-1-2-11/h3-4,9,11,13-14,18H,1-2,5-8,10H2. The normalized spacial score (nSPS) is 31.1. The monoisotopic (exact) mass is 243 g/mol. The molecule has 2 unspecified atom stereocenters. The fraction of sp³-hybridized carbons (Fsp3) is 0.625. The van der Waals surface area contributed by atoms with E-state index in [0.717, 1.165) is 12.0 Å². The number of phenols is 1. The Kier molecular flexibility index (Phi) is 2.41. The molecule has 2 bridgehead atoms. The Morgan fingerprint density at radius 2 is 2.11 bits per heavy atom. The second-order valence-electron chi connectivity index (χ2n) is 6.40. The second-order valence-corrected chi connectivity index (χ2v) is 6.40. The zero-order valence-corrected chi connectivity index (χ0v) is 10.8. The summed E-state index contributed by atoms with van der Waals surface area (Å²) in [6, 6.07) is 6.77. The molecule has 0 aromatic heterocycles. The molecule has 96 valence electrons. The van der Waals surface area contributed by atoms with Crippen molar-refractivity contribution in [1.29, 1.82) is 0 Å². The predicted octanol–water partition coefficient (Wildman–Crippen LogP) is 2.91. The first kappa shape index (κ1) is 10.9. The van der Waals surface area contributed by atoms with Crippen LogP contribution >= 0.6 is 0 Å². The first-order valence-corrected chi connectivity index (χ1v) is 7.35. The average molecular weight is 243 g/mol. The maximum atomic E-state index is 9.65. The summed E-state index contributed by atoms with van der Waals surface area (Å²) in [6.45, 7) is 2.60. The van der Waals surface area contributed by atoms with E-state index in [4.69, 9.17) is 0 Å². The lowest BCUT2D eigenvalue weighted by atomic mass is 9.75. The summed E-state index contributed by atoms with van der Waals surface area (Å²) < 4.78 is 0. The van der Waals surface area contributed by atoms with Gasteiger partial charge in [-0.05, 0) is 73.7 Å². The number of piperidine rings is 1. The van der Waals surface area contributed by atoms with Crippen molar-refractivity contribution in [3.05, 3.63) is 29.3 Å². The maximum absolute atomic E-state index is 9.65. The molecule has 1 saturated carbocycles. The summed E-state index contributed by atoms with van der Waals surface area (Å²) in [7, 11) is 0. The number of nitrogens with zero attached hydrogens (tertiary/aromatic N) is 1. The number of benzene rings is 1. The Morgan fingerprint density at radius 1 is 1.22 bits per heavy atom. The van der Waals surface area contributed by atoms with Crippen LogP contribution in [0.1, 0.15) is 42.7 Å². The van der Waals surface area contributed by atoms with Crippen LogP contribution in [0.3, 0.4) is 0 Å². The van der Waals surface area contributed by atoms with Crippen molar-refractivity contribution in [2.75, 3.05) is 13.1 Å². The molecule has 2 heteroatoms. The molecule has 1 aromatic rings. The van der Waals surface area contributed by atoms with Crippen molar-refractivity contribution in [2.45, 2.75) is 44.1 Å². The van der Waals surface area contributed by atoms with Gasteiger partial charge in [-0.15, -0.1) is 0 Å². The molecule has 0 amide bonds. The van der Waals surface area contributed by atoms with Crippen LogP contribution in [0.15, 0.2) is 18.2 Å². The second kappa shape index (κ2) is 3.99. The van der Waals surface area contributed by atoms with E-state index in [-0.39, 0.29) is 0 Å². The Bertz CT molecular complexity index is 466. The minimum atomic E-state index is 0.438. The zero-order chi connectivity index (χ0) is 12.1. The molecule has 3 aliphatic rings. The van der Waals surface area contributed by atoms with E-state index in [9.17, 15) is 5.11 Å². The number of fused-ring (bicyclic) bond motifs is 4. The van der Waals surface area contributed by atoms with Crippen LogP contribution in [0.25, 0.3) is 0 Å². The van der Waals surface area contributed by atoms with E-state index in [1.165, 1.54) is 56.3 Å². The molecule has 18 heavy (non-hydrogen) atoms. The Hall–Kier alpha value is -1.02. The molecule has 0 radical (unpaired) electrons. The van der Waals surface area contributed by atoms with Crippen LogP contribution < -0.4 is 0 Å². The fourth-order valence-corrected chi connectivity index (χ4v) is 3.87. The van der Waals surface area contributed by atoms with Gasteiger partial charge in [0, 0.05) is 12.6 Å². The van der Waals surface area contributed by atoms with E-state index >= 15 is 0 Å². The number of likely N-dealkylation sites (tertiary alicyclic amines) is 1. The molecular weight excluding hydrogens is 222 g/mol. The lowest BCUT2D eigenvalue weighted by molar-refractivity contribution is 0.119. The highest BCUT2D eigenvalue weighted by molar-refractivity contribution is 5.40. The number of hydrogen-bond donors (Lipinski definition) is 1. The van der Waals surface area contributed by atoms with Gasteiger partial charge < -0.3 is 5.11 Å². The van der Waals surface area contributed by atoms with E-state index in [2.05, 4.69) is 11.0 Å². The minimum Gasteiger partial charge on any atom is -0.508 e. The summed E-state index contributed by atoms with van der Waals surface area (Å²) >= 11 is 0. The molecule has 4 rings (SSSR count). The van der Waals surface area contributed by atoms with Crippen LogP contribution in [0.2, 0.25) is 0 Å². The first-order valence-electron chi connectivity index (χ1n) is 7.35. The minimum absolute atomic E-state index is 0.438. The first-order chi connectivity index (χ1) is 8.79. The van der Waals surface area contributed by atoms with Gasteiger partial charge >= 0.3 is 0 Å². The van der Waals surface area contributed by atoms with Crippen molar-refractivity contribution in [3.63, 3.8) is 0 Å². The third-order valence-electron chi connectivity index (χ3n) is 5.05. The molecule has 1 saturated heterocycles. The van der Waals surface area contributed by atoms with Crippen LogP contribution in [0, 0.1) is 5.92 Å². The van der Waals surface area contributed by atoms with Gasteiger partial charge in [0.05, 0.1) is 0 Å². The molecule has 2 atom stereocenters. The highest BCUT2D eigenvalue weighted by atomic mass is 16.3. The van der Waals surface area contributed by atoms with E-state index in [1.807, 2.05) is 12.1 Å². The number of aromatic hydroxyl groups is 1. The molecule has 2 aliphatic carbocycles. The Balaban J connectivity index is 1.60. The van der Waals surface area contributed by atoms with E-state index in [0.29, 0.717) is 11.7 Å². The smallest absolute Gasteiger partial charge is 0.115 e. The summed E-state index contributed by atoms with van der Waals surface area (Å²) in [5, 5.41) is 9.65. The summed E-state index contributed by atoms with van der Waals surface area (Å²) in [5.74, 6) is 2.14. The number of hydrogen-bond acceptors (Lipinski definition) is 2. The van der Waals surface area contributed by atoms with Gasteiger partial charge in [0.2, 0.25) is 0 Å². The lowest BCUT2D eigenvalue weighted by Crippen LogP contribution is -2.46. The topological polar surface area (TPSA) is 23.5 Å². The quantitative estimate of drug-likeness (QED) is 0.863. The van der Waals surface area contributed by atoms with Crippen molar-refractivity contribution >= 4 is 0 Å². The zero-order valence-electron chi connectivity index (χ0n) is 10.8. The molecule has 1 aliphatic heterocycles. The summed E-state index contributed by atoms with van der Waals surface area (Å²) in [6.07, 6.45) is 6.69. The molecule has 1 N–H and O–H groups in total. The molecule has 1 aromatic carbocycles. The van der Waals surface area contributed by atoms with E-state index in [1.54, 1.807) is 0 Å². The number of phenolic OH excluding ortho intramolecular Hbond substituents is 1. The van der Waals surface area contributed by atoms with Crippen LogP contribution in [-0.2, 0) is 6.42 Å². The van der Waals surface area contributed by atoms with Crippen LogP contribution in [-0.4, -0.2) is 29.1 Å². The fourth-order valence-electron chi connectivity index (χ4n) is 3.87. The van der Waals surface area contributed by atoms with Crippen molar-refractivity contribution in [1.82, 2.24) is 4.90 Å². The van der Waals surface area contributed by atoms with Crippen molar-refractivity contribution < 1.29 is 5.11 Å². The van der Waals surface area contributed by atoms with Gasteiger partial charge in [0.1, 0.15) is 5.75 Å². The predicted molar refractivity (Wildman–Crippen MR) is 71.9 cm³/mol. The molecule has 0 spiro atoms. The summed E-state index contributed by atoms with van der Waals surface area (Å²) in [4.78, 5) is 2.74. The third kappa shape index (κ3) is 1.83. The summed E-state index contributed by atoms with van der Waals surface area (Å²) in [5.41, 5.74) is 2.91. The van der Waals surface area contributed by atoms with Crippen LogP contribution in [0.5, 0.6) is 5.75 Å². The number of rotatable bonds is 2. The SMILES string of the molecule is Oc1ccc2c(c1)C1CCN(CC3CC3)C(C2)C1. The largest absolute Gasteiger partial charge is 0.508 e. The Morgan fingerprint density at radius 3 is 2.94 bits per heavy atom. The van der Waals surface area contributed by atoms with E-state index < -0.39 is 0 Å². The van der Waals surface area contributed by atoms with Gasteiger partial charge in [0.25, 0.3) is 0 Å². The van der Waals surface area contributed by atoms with Gasteiger partial charge in [-0.2, -0.15) is 0 Å². The van der Waals surface area contributed by atoms with Gasteiger partial charge in [-0.3, -0.25) is 4.90 Å². The highest BCUT2D eigenvalue weighted by Gasteiger charge is 2.37. The van der Waals surface area contributed by atoms with Gasteiger partial charge in [-0.25, -0.2) is 0 Å². The molecule has 1 heterocycles. The maximum Gasteiger partial charge on any atom is 0.115 e. The van der Waals surface area contributed by atoms with Crippen molar-refractivity contribution in [2.24, 2.45) is 5.92 Å². The van der Waals surface area contributed by atoms with Crippen molar-refractivity contribution in [3.8, 4) is 5.75 Å². The van der Waals surface area contributed by atoms with Crippen LogP contribution in [0.4, 0.5) is 0 Å². The lowest BCUT2D eigenvalue weighted by Gasteiger charge is -2.44.